The smallest absolute Gasteiger partial charge is 0.309 e. The Morgan fingerprint density at radius 3 is 2.55 bits per heavy atom. The lowest BCUT2D eigenvalue weighted by Gasteiger charge is -2.41. The molecule has 1 aliphatic rings. The molecule has 2 heterocycles. The first-order chi connectivity index (χ1) is 9.36. The summed E-state index contributed by atoms with van der Waals surface area (Å²) in [5, 5.41) is 14.4. The van der Waals surface area contributed by atoms with Crippen LogP contribution in [0.4, 0.5) is 5.00 Å². The van der Waals surface area contributed by atoms with Crippen molar-refractivity contribution in [3.63, 3.8) is 0 Å². The van der Waals surface area contributed by atoms with Gasteiger partial charge in [0.15, 0.2) is 0 Å². The molecule has 1 fully saturated rings. The molecule has 1 aromatic rings. The van der Waals surface area contributed by atoms with Gasteiger partial charge in [-0.05, 0) is 39.7 Å². The Morgan fingerprint density at radius 2 is 2.05 bits per heavy atom. The minimum absolute atomic E-state index is 0.226. The van der Waals surface area contributed by atoms with E-state index in [1.807, 2.05) is 6.07 Å². The molecule has 6 heteroatoms. The number of nitro groups is 1. The number of thiophene rings is 1. The van der Waals surface area contributed by atoms with Gasteiger partial charge in [-0.3, -0.25) is 15.0 Å². The summed E-state index contributed by atoms with van der Waals surface area (Å²) in [5.41, 5.74) is 0.249. The van der Waals surface area contributed by atoms with Crippen LogP contribution in [-0.4, -0.2) is 34.5 Å². The molecule has 0 aromatic carbocycles. The number of nitrogens with one attached hydrogen (secondary N) is 1. The fourth-order valence-corrected chi connectivity index (χ4v) is 3.33. The van der Waals surface area contributed by atoms with Gasteiger partial charge in [-0.15, -0.1) is 0 Å². The summed E-state index contributed by atoms with van der Waals surface area (Å²) in [7, 11) is 0. The third kappa shape index (κ3) is 4.01. The second-order valence-electron chi connectivity index (χ2n) is 6.31. The van der Waals surface area contributed by atoms with E-state index in [1.165, 1.54) is 11.3 Å². The van der Waals surface area contributed by atoms with Crippen molar-refractivity contribution in [2.75, 3.05) is 13.1 Å². The Morgan fingerprint density at radius 1 is 1.40 bits per heavy atom. The molecule has 1 N–H and O–H groups in total. The van der Waals surface area contributed by atoms with Gasteiger partial charge < -0.3 is 5.32 Å². The third-order valence-corrected chi connectivity index (χ3v) is 4.87. The van der Waals surface area contributed by atoms with Crippen LogP contribution in [0.5, 0.6) is 0 Å². The van der Waals surface area contributed by atoms with Crippen molar-refractivity contribution in [3.05, 3.63) is 27.1 Å². The molecular formula is C14H23N3O2S. The molecule has 0 radical (unpaired) electrons. The third-order valence-electron chi connectivity index (χ3n) is 3.84. The van der Waals surface area contributed by atoms with E-state index in [0.29, 0.717) is 6.04 Å². The monoisotopic (exact) mass is 297 g/mol. The van der Waals surface area contributed by atoms with Crippen molar-refractivity contribution in [3.8, 4) is 0 Å². The zero-order valence-electron chi connectivity index (χ0n) is 12.4. The van der Waals surface area contributed by atoms with Crippen LogP contribution in [0.3, 0.4) is 0 Å². The lowest BCUT2D eigenvalue weighted by atomic mass is 9.98. The van der Waals surface area contributed by atoms with Crippen LogP contribution in [0.25, 0.3) is 0 Å². The number of rotatable bonds is 4. The van der Waals surface area contributed by atoms with Crippen LogP contribution < -0.4 is 5.32 Å². The first-order valence-corrected chi connectivity index (χ1v) is 7.89. The quantitative estimate of drug-likeness (QED) is 0.685. The summed E-state index contributed by atoms with van der Waals surface area (Å²) in [5.74, 6) is 0. The summed E-state index contributed by atoms with van der Waals surface area (Å²) in [6.45, 7) is 9.73. The highest BCUT2D eigenvalue weighted by atomic mass is 32.1. The van der Waals surface area contributed by atoms with Gasteiger partial charge in [0.1, 0.15) is 0 Å². The molecule has 112 valence electrons. The molecule has 0 aliphatic carbocycles. The molecule has 0 amide bonds. The summed E-state index contributed by atoms with van der Waals surface area (Å²) in [4.78, 5) is 13.9. The number of likely N-dealkylation sites (tertiary alicyclic amines) is 1. The van der Waals surface area contributed by atoms with Gasteiger partial charge >= 0.3 is 5.00 Å². The molecule has 2 rings (SSSR count). The van der Waals surface area contributed by atoms with Gasteiger partial charge in [0.2, 0.25) is 0 Å². The van der Waals surface area contributed by atoms with Crippen molar-refractivity contribution in [1.82, 2.24) is 10.2 Å². The van der Waals surface area contributed by atoms with E-state index in [4.69, 9.17) is 0 Å². The van der Waals surface area contributed by atoms with Crippen LogP contribution in [0, 0.1) is 10.1 Å². The van der Waals surface area contributed by atoms with Crippen LogP contribution in [0.15, 0.2) is 12.1 Å². The van der Waals surface area contributed by atoms with Gasteiger partial charge in [0.05, 0.1) is 4.92 Å². The SMILES string of the molecule is CC(C)(C)N1CCC(NCc2ccc([N+](=O)[O-])s2)CC1. The number of nitrogens with zero attached hydrogens (tertiary/aromatic N) is 2. The highest BCUT2D eigenvalue weighted by Gasteiger charge is 2.26. The molecule has 1 saturated heterocycles. The average Bonchev–Trinajstić information content (AvgIpc) is 2.85. The van der Waals surface area contributed by atoms with E-state index in [-0.39, 0.29) is 15.5 Å². The van der Waals surface area contributed by atoms with E-state index in [9.17, 15) is 10.1 Å². The Kier molecular flexibility index (Phi) is 4.78. The van der Waals surface area contributed by atoms with Crippen molar-refractivity contribution in [1.29, 1.82) is 0 Å². The topological polar surface area (TPSA) is 58.4 Å². The first kappa shape index (κ1) is 15.4. The van der Waals surface area contributed by atoms with E-state index in [1.54, 1.807) is 6.07 Å². The minimum Gasteiger partial charge on any atom is -0.309 e. The average molecular weight is 297 g/mol. The van der Waals surface area contributed by atoms with Crippen LogP contribution >= 0.6 is 11.3 Å². The maximum Gasteiger partial charge on any atom is 0.324 e. The molecule has 0 atom stereocenters. The van der Waals surface area contributed by atoms with Crippen molar-refractivity contribution >= 4 is 16.3 Å². The lowest BCUT2D eigenvalue weighted by Crippen LogP contribution is -2.49. The number of hydrogen-bond acceptors (Lipinski definition) is 5. The summed E-state index contributed by atoms with van der Waals surface area (Å²) >= 11 is 1.26. The van der Waals surface area contributed by atoms with E-state index in [2.05, 4.69) is 31.0 Å². The Bertz CT molecular complexity index is 459. The molecule has 1 aromatic heterocycles. The predicted molar refractivity (Wildman–Crippen MR) is 82.2 cm³/mol. The fourth-order valence-electron chi connectivity index (χ4n) is 2.56. The standard InChI is InChI=1S/C14H23N3O2S/c1-14(2,3)16-8-6-11(7-9-16)15-10-12-4-5-13(20-12)17(18)19/h4-5,11,15H,6-10H2,1-3H3. The van der Waals surface area contributed by atoms with Gasteiger partial charge in [-0.2, -0.15) is 0 Å². The van der Waals surface area contributed by atoms with Crippen molar-refractivity contribution < 1.29 is 4.92 Å². The molecule has 5 nitrogen and oxygen atoms in total. The highest BCUT2D eigenvalue weighted by Crippen LogP contribution is 2.24. The predicted octanol–water partition coefficient (Wildman–Crippen LogP) is 3.01. The van der Waals surface area contributed by atoms with Crippen molar-refractivity contribution in [2.45, 2.75) is 51.7 Å². The van der Waals surface area contributed by atoms with Crippen LogP contribution in [-0.2, 0) is 6.54 Å². The van der Waals surface area contributed by atoms with Gasteiger partial charge in [0, 0.05) is 42.2 Å². The lowest BCUT2D eigenvalue weighted by molar-refractivity contribution is -0.380. The fraction of sp³-hybridized carbons (Fsp3) is 0.714. The highest BCUT2D eigenvalue weighted by molar-refractivity contribution is 7.15. The van der Waals surface area contributed by atoms with Crippen molar-refractivity contribution in [2.24, 2.45) is 0 Å². The molecular weight excluding hydrogens is 274 g/mol. The summed E-state index contributed by atoms with van der Waals surface area (Å²) < 4.78 is 0. The Hall–Kier alpha value is -0.980. The molecule has 1 aliphatic heterocycles. The maximum atomic E-state index is 10.6. The summed E-state index contributed by atoms with van der Waals surface area (Å²) in [6, 6.07) is 3.96. The van der Waals surface area contributed by atoms with E-state index < -0.39 is 0 Å². The maximum absolute atomic E-state index is 10.6. The van der Waals surface area contributed by atoms with Crippen LogP contribution in [0.1, 0.15) is 38.5 Å². The molecule has 0 spiro atoms. The molecule has 0 saturated carbocycles. The normalized spacial score (nSPS) is 18.4. The Balaban J connectivity index is 1.77. The molecule has 20 heavy (non-hydrogen) atoms. The second-order valence-corrected chi connectivity index (χ2v) is 7.46. The first-order valence-electron chi connectivity index (χ1n) is 7.08. The Labute approximate surface area is 124 Å². The van der Waals surface area contributed by atoms with Gasteiger partial charge in [0.25, 0.3) is 0 Å². The van der Waals surface area contributed by atoms with Crippen LogP contribution in [0.2, 0.25) is 0 Å². The van der Waals surface area contributed by atoms with E-state index in [0.717, 1.165) is 37.4 Å². The van der Waals surface area contributed by atoms with Gasteiger partial charge in [-0.25, -0.2) is 0 Å². The molecule has 0 bridgehead atoms. The van der Waals surface area contributed by atoms with Gasteiger partial charge in [-0.1, -0.05) is 11.3 Å². The largest absolute Gasteiger partial charge is 0.324 e. The zero-order chi connectivity index (χ0) is 14.8. The van der Waals surface area contributed by atoms with E-state index >= 15 is 0 Å². The number of hydrogen-bond donors (Lipinski definition) is 1. The minimum atomic E-state index is -0.323. The summed E-state index contributed by atoms with van der Waals surface area (Å²) in [6.07, 6.45) is 2.29. The molecule has 0 unspecified atom stereocenters. The number of piperidine rings is 1. The second kappa shape index (κ2) is 6.20. The zero-order valence-corrected chi connectivity index (χ0v) is 13.2.